The number of β-lactam (4-membered cyclic amide) rings is 1. The smallest absolute Gasteiger partial charge is 0.356 e. The number of nitrogens with zero attached hydrogens (tertiary/aromatic N) is 4. The van der Waals surface area contributed by atoms with E-state index in [1.54, 1.807) is 74.5 Å². The topological polar surface area (TPSA) is 210 Å². The molecule has 2 aliphatic rings. The van der Waals surface area contributed by atoms with Gasteiger partial charge in [0.2, 0.25) is 11.5 Å². The molecule has 0 saturated carbocycles. The Morgan fingerprint density at radius 1 is 1.08 bits per heavy atom. The van der Waals surface area contributed by atoms with E-state index in [-0.39, 0.29) is 45.2 Å². The normalized spacial score (nSPS) is 18.8. The van der Waals surface area contributed by atoms with Gasteiger partial charge in [-0.25, -0.2) is 4.79 Å². The molecular weight excluding hydrogens is 745 g/mol. The molecule has 274 valence electrons. The maximum Gasteiger partial charge on any atom is 0.356 e. The summed E-state index contributed by atoms with van der Waals surface area (Å²) in [5, 5.41) is 5.15. The monoisotopic (exact) mass is 776 g/mol. The molecule has 1 aromatic heterocycles. The van der Waals surface area contributed by atoms with Crippen molar-refractivity contribution in [3.05, 3.63) is 131 Å². The zero-order valence-corrected chi connectivity index (χ0v) is 30.6. The first kappa shape index (κ1) is 37.1. The van der Waals surface area contributed by atoms with Gasteiger partial charge in [-0.3, -0.25) is 18.7 Å². The molecule has 6 rings (SSSR count). The number of rotatable bonds is 13. The van der Waals surface area contributed by atoms with Crippen molar-refractivity contribution in [1.82, 2.24) is 19.6 Å². The van der Waals surface area contributed by atoms with Gasteiger partial charge in [0.1, 0.15) is 34.9 Å². The minimum absolute atomic E-state index is 0.00225. The third-order valence-electron chi connectivity index (χ3n) is 7.98. The molecule has 3 aromatic carbocycles. The van der Waals surface area contributed by atoms with Crippen LogP contribution in [0.3, 0.4) is 0 Å². The van der Waals surface area contributed by atoms with Crippen LogP contribution in [0.1, 0.15) is 35.5 Å². The maximum atomic E-state index is 14.2. The Morgan fingerprint density at radius 3 is 2.30 bits per heavy atom. The molecule has 0 radical (unpaired) electrons. The predicted molar refractivity (Wildman–Crippen MR) is 194 cm³/mol. The number of nitrogens with two attached hydrogens (primary N) is 1. The minimum atomic E-state index is -4.27. The van der Waals surface area contributed by atoms with Crippen molar-refractivity contribution in [3.63, 3.8) is 0 Å². The number of nitrogens with one attached hydrogen (secondary N) is 1. The van der Waals surface area contributed by atoms with Crippen LogP contribution in [0.4, 0.5) is 5.13 Å². The lowest BCUT2D eigenvalue weighted by atomic mass is 10.0. The summed E-state index contributed by atoms with van der Waals surface area (Å²) in [4.78, 5) is 51.4. The molecule has 0 aliphatic carbocycles. The molecule has 2 amide bonds. The standard InChI is InChI=1S/C35H32N6O9S3/c1-3-48-39-26(30-38-35(36)51-40-30)31(42)37-27-32(43)41-28(34(44)50-29(22-10-6-4-7-11-22)23-12-8-5-9-13-23)24(20-52(45)33(27)41)18-19-49-53(46,47)25-16-14-21(2)15-17-25/h4-19,27,29,33H,3,20H2,1-2H3,(H,37,42)(H2,36,38,40)/t27?,33-,52?/m1/s1. The van der Waals surface area contributed by atoms with E-state index in [1.807, 2.05) is 12.1 Å². The summed E-state index contributed by atoms with van der Waals surface area (Å²) in [5.41, 5.74) is 7.12. The van der Waals surface area contributed by atoms with Crippen LogP contribution in [-0.4, -0.2) is 74.2 Å². The summed E-state index contributed by atoms with van der Waals surface area (Å²) in [6.45, 7) is 3.55. The first-order chi connectivity index (χ1) is 25.5. The highest BCUT2D eigenvalue weighted by Gasteiger charge is 2.57. The van der Waals surface area contributed by atoms with E-state index in [2.05, 4.69) is 19.8 Å². The highest BCUT2D eigenvalue weighted by atomic mass is 32.2. The first-order valence-electron chi connectivity index (χ1n) is 16.0. The zero-order valence-electron chi connectivity index (χ0n) is 28.1. The van der Waals surface area contributed by atoms with Crippen molar-refractivity contribution < 1.29 is 40.8 Å². The molecule has 3 atom stereocenters. The minimum Gasteiger partial charge on any atom is -0.448 e. The highest BCUT2D eigenvalue weighted by Crippen LogP contribution is 2.38. The number of anilines is 1. The lowest BCUT2D eigenvalue weighted by molar-refractivity contribution is -0.154. The number of benzene rings is 3. The van der Waals surface area contributed by atoms with E-state index in [0.717, 1.165) is 34.3 Å². The fraction of sp³-hybridized carbons (Fsp3) is 0.200. The number of fused-ring (bicyclic) bond motifs is 1. The van der Waals surface area contributed by atoms with Crippen molar-refractivity contribution in [3.8, 4) is 0 Å². The van der Waals surface area contributed by atoms with Crippen molar-refractivity contribution in [1.29, 1.82) is 0 Å². The van der Waals surface area contributed by atoms with E-state index < -0.39 is 56.2 Å². The van der Waals surface area contributed by atoms with Crippen LogP contribution in [-0.2, 0) is 49.1 Å². The molecule has 3 heterocycles. The van der Waals surface area contributed by atoms with E-state index in [4.69, 9.17) is 19.5 Å². The summed E-state index contributed by atoms with van der Waals surface area (Å²) in [7, 11) is -6.19. The Balaban J connectivity index is 1.34. The van der Waals surface area contributed by atoms with Gasteiger partial charge in [0.05, 0.1) is 16.6 Å². The van der Waals surface area contributed by atoms with E-state index in [0.29, 0.717) is 11.1 Å². The quantitative estimate of drug-likeness (QED) is 0.0502. The lowest BCUT2D eigenvalue weighted by Gasteiger charge is -2.49. The number of carbonyl (C=O) groups excluding carboxylic acids is 3. The summed E-state index contributed by atoms with van der Waals surface area (Å²) < 4.78 is 54.8. The second-order valence-corrected chi connectivity index (χ2v) is 15.4. The van der Waals surface area contributed by atoms with Gasteiger partial charge >= 0.3 is 16.1 Å². The first-order valence-corrected chi connectivity index (χ1v) is 19.6. The second kappa shape index (κ2) is 15.9. The number of oxime groups is 1. The van der Waals surface area contributed by atoms with Crippen molar-refractivity contribution in [2.45, 2.75) is 36.3 Å². The SMILES string of the molecule is CCON=C(C(=O)NC1C(=O)N2C(C(=O)OC(c3ccccc3)c3ccccc3)=C(C=COS(=O)(=O)c3ccc(C)cc3)CS(=O)[C@H]12)c1nsc(N)n1. The van der Waals surface area contributed by atoms with Crippen molar-refractivity contribution in [2.75, 3.05) is 18.1 Å². The Hall–Kier alpha value is -5.72. The van der Waals surface area contributed by atoms with Gasteiger partial charge in [-0.05, 0) is 48.8 Å². The van der Waals surface area contributed by atoms with Gasteiger partial charge < -0.3 is 24.8 Å². The molecule has 2 unspecified atom stereocenters. The lowest BCUT2D eigenvalue weighted by Crippen LogP contribution is -2.74. The number of hydrogen-bond acceptors (Lipinski definition) is 14. The molecule has 0 bridgehead atoms. The van der Waals surface area contributed by atoms with Crippen molar-refractivity contribution in [2.24, 2.45) is 5.16 Å². The molecule has 2 aliphatic heterocycles. The highest BCUT2D eigenvalue weighted by molar-refractivity contribution is 7.87. The van der Waals surface area contributed by atoms with Crippen LogP contribution in [0.2, 0.25) is 0 Å². The molecule has 18 heteroatoms. The van der Waals surface area contributed by atoms with Gasteiger partial charge in [0.15, 0.2) is 11.2 Å². The van der Waals surface area contributed by atoms with Gasteiger partial charge in [0.25, 0.3) is 11.8 Å². The number of allylic oxidation sites excluding steroid dienone is 1. The average Bonchev–Trinajstić information content (AvgIpc) is 3.59. The van der Waals surface area contributed by atoms with E-state index in [1.165, 1.54) is 12.1 Å². The fourth-order valence-corrected chi connectivity index (χ4v) is 8.33. The zero-order chi connectivity index (χ0) is 37.7. The van der Waals surface area contributed by atoms with Crippen LogP contribution in [0.5, 0.6) is 0 Å². The number of carbonyl (C=O) groups is 3. The maximum absolute atomic E-state index is 14.2. The predicted octanol–water partition coefficient (Wildman–Crippen LogP) is 3.09. The number of amides is 2. The molecular formula is C35H32N6O9S3. The second-order valence-electron chi connectivity index (χ2n) is 11.5. The Kier molecular flexibility index (Phi) is 11.1. The Morgan fingerprint density at radius 2 is 1.72 bits per heavy atom. The molecule has 4 aromatic rings. The Bertz CT molecular complexity index is 2200. The number of esters is 1. The van der Waals surface area contributed by atoms with Crippen molar-refractivity contribution >= 4 is 61.1 Å². The molecule has 3 N–H and O–H groups in total. The molecule has 15 nitrogen and oxygen atoms in total. The van der Waals surface area contributed by atoms with Gasteiger partial charge in [0, 0.05) is 11.5 Å². The number of nitrogen functional groups attached to an aromatic ring is 1. The largest absolute Gasteiger partial charge is 0.448 e. The molecule has 53 heavy (non-hydrogen) atoms. The van der Waals surface area contributed by atoms with E-state index in [9.17, 15) is 27.0 Å². The third-order valence-corrected chi connectivity index (χ3v) is 11.4. The van der Waals surface area contributed by atoms with Gasteiger partial charge in [-0.1, -0.05) is 83.5 Å². The number of hydrogen-bond donors (Lipinski definition) is 2. The summed E-state index contributed by atoms with van der Waals surface area (Å²) in [6, 6.07) is 22.4. The third kappa shape index (κ3) is 8.03. The van der Waals surface area contributed by atoms with Crippen LogP contribution in [0.25, 0.3) is 0 Å². The molecule has 1 fully saturated rings. The van der Waals surface area contributed by atoms with Gasteiger partial charge in [-0.15, -0.1) is 0 Å². The summed E-state index contributed by atoms with van der Waals surface area (Å²) >= 11 is 0.818. The van der Waals surface area contributed by atoms with E-state index >= 15 is 0 Å². The number of aromatic nitrogens is 2. The van der Waals surface area contributed by atoms with Crippen LogP contribution >= 0.6 is 11.5 Å². The molecule has 0 spiro atoms. The Labute approximate surface area is 310 Å². The molecule has 1 saturated heterocycles. The van der Waals surface area contributed by atoms with Crippen LogP contribution in [0, 0.1) is 6.92 Å². The van der Waals surface area contributed by atoms with Crippen LogP contribution in [0.15, 0.2) is 119 Å². The number of ether oxygens (including phenoxy) is 1. The number of aryl methyl sites for hydroxylation is 1. The van der Waals surface area contributed by atoms with Crippen LogP contribution < -0.4 is 11.1 Å². The average molecular weight is 777 g/mol. The fourth-order valence-electron chi connectivity index (χ4n) is 5.47. The van der Waals surface area contributed by atoms with Gasteiger partial charge in [-0.2, -0.15) is 17.8 Å². The summed E-state index contributed by atoms with van der Waals surface area (Å²) in [5.74, 6) is -3.14. The summed E-state index contributed by atoms with van der Waals surface area (Å²) in [6.07, 6.45) is 1.07.